The van der Waals surface area contributed by atoms with Crippen LogP contribution in [-0.4, -0.2) is 72.5 Å². The van der Waals surface area contributed by atoms with Crippen molar-refractivity contribution >= 4 is 5.97 Å². The number of carbonyl (C=O) groups is 1. The van der Waals surface area contributed by atoms with Crippen LogP contribution in [0.25, 0.3) is 0 Å². The van der Waals surface area contributed by atoms with Gasteiger partial charge in [-0.3, -0.25) is 0 Å². The molecule has 0 spiro atoms. The molecule has 0 aliphatic carbocycles. The van der Waals surface area contributed by atoms with Gasteiger partial charge in [-0.15, -0.1) is 0 Å². The molecule has 3 aliphatic heterocycles. The van der Waals surface area contributed by atoms with Crippen molar-refractivity contribution in [1.82, 2.24) is 0 Å². The van der Waals surface area contributed by atoms with E-state index in [9.17, 15) is 9.90 Å². The number of hydrogen-bond acceptors (Lipinski definition) is 8. The average molecular weight is 361 g/mol. The normalized spacial score (nSPS) is 42.2. The molecular formula is C17H28O8. The molecule has 3 fully saturated rings. The predicted molar refractivity (Wildman–Crippen MR) is 84.7 cm³/mol. The van der Waals surface area contributed by atoms with Gasteiger partial charge < -0.3 is 33.5 Å². The maximum Gasteiger partial charge on any atom is 0.340 e. The smallest absolute Gasteiger partial charge is 0.340 e. The number of carbonyl (C=O) groups excluding carboxylic acids is 1. The minimum atomic E-state index is -1.50. The third-order valence-corrected chi connectivity index (χ3v) is 4.74. The Bertz CT molecular complexity index is 519. The number of rotatable bonds is 4. The molecule has 144 valence electrons. The van der Waals surface area contributed by atoms with Crippen LogP contribution < -0.4 is 0 Å². The first-order valence-electron chi connectivity index (χ1n) is 8.75. The first-order chi connectivity index (χ1) is 11.6. The molecule has 3 rings (SSSR count). The van der Waals surface area contributed by atoms with E-state index in [0.29, 0.717) is 6.61 Å². The molecule has 25 heavy (non-hydrogen) atoms. The topological polar surface area (TPSA) is 92.7 Å². The van der Waals surface area contributed by atoms with Gasteiger partial charge in [-0.05, 0) is 34.6 Å². The fourth-order valence-electron chi connectivity index (χ4n) is 3.73. The number of ether oxygens (including phenoxy) is 6. The summed E-state index contributed by atoms with van der Waals surface area (Å²) >= 11 is 0. The third-order valence-electron chi connectivity index (χ3n) is 4.74. The van der Waals surface area contributed by atoms with Crippen molar-refractivity contribution < 1.29 is 38.3 Å². The second kappa shape index (κ2) is 6.44. The van der Waals surface area contributed by atoms with E-state index in [1.165, 1.54) is 0 Å². The van der Waals surface area contributed by atoms with Crippen molar-refractivity contribution in [2.45, 2.75) is 82.6 Å². The van der Waals surface area contributed by atoms with Gasteiger partial charge in [-0.1, -0.05) is 0 Å². The Hall–Kier alpha value is -0.770. The standard InChI is InChI=1S/C17H28O8/c1-6-20-14(19)17(9-18)7-10-12(24-16(4,5)22-10)13(25-17)11-8-21-15(2,3)23-11/h10-13,18H,6-9H2,1-5H3/t10-,11-,12-,13-,17-/m1/s1/i9+1. The molecule has 0 aromatic carbocycles. The van der Waals surface area contributed by atoms with Crippen molar-refractivity contribution in [2.75, 3.05) is 19.8 Å². The summed E-state index contributed by atoms with van der Waals surface area (Å²) in [5.74, 6) is -2.17. The molecule has 3 aliphatic rings. The highest BCUT2D eigenvalue weighted by Crippen LogP contribution is 2.44. The number of aliphatic hydroxyl groups is 1. The molecule has 1 N–H and O–H groups in total. The second-order valence-electron chi connectivity index (χ2n) is 7.67. The van der Waals surface area contributed by atoms with E-state index in [-0.39, 0.29) is 13.0 Å². The first-order valence-corrected chi connectivity index (χ1v) is 8.75. The van der Waals surface area contributed by atoms with E-state index < -0.39 is 54.2 Å². The molecule has 8 nitrogen and oxygen atoms in total. The minimum Gasteiger partial charge on any atom is -0.464 e. The number of fused-ring (bicyclic) bond motifs is 1. The molecule has 3 heterocycles. The molecule has 5 atom stereocenters. The van der Waals surface area contributed by atoms with Crippen LogP contribution in [0.4, 0.5) is 0 Å². The first kappa shape index (κ1) is 19.0. The fourth-order valence-corrected chi connectivity index (χ4v) is 3.73. The summed E-state index contributed by atoms with van der Waals surface area (Å²) in [6, 6.07) is 0. The van der Waals surface area contributed by atoms with Gasteiger partial charge in [-0.25, -0.2) is 4.79 Å². The molecule has 8 heteroatoms. The summed E-state index contributed by atoms with van der Waals surface area (Å²) in [5.41, 5.74) is -1.50. The van der Waals surface area contributed by atoms with Crippen molar-refractivity contribution in [3.63, 3.8) is 0 Å². The number of aliphatic hydroxyl groups excluding tert-OH is 1. The zero-order valence-electron chi connectivity index (χ0n) is 15.4. The summed E-state index contributed by atoms with van der Waals surface area (Å²) in [7, 11) is 0. The summed E-state index contributed by atoms with van der Waals surface area (Å²) in [5, 5.41) is 9.96. The lowest BCUT2D eigenvalue weighted by Gasteiger charge is -2.44. The zero-order chi connectivity index (χ0) is 18.5. The van der Waals surface area contributed by atoms with E-state index in [4.69, 9.17) is 28.4 Å². The van der Waals surface area contributed by atoms with Crippen molar-refractivity contribution in [3.8, 4) is 0 Å². The number of esters is 1. The predicted octanol–water partition coefficient (Wildman–Crippen LogP) is 0.741. The summed E-state index contributed by atoms with van der Waals surface area (Å²) in [6.07, 6.45) is -1.76. The monoisotopic (exact) mass is 361 g/mol. The Morgan fingerprint density at radius 2 is 1.68 bits per heavy atom. The average Bonchev–Trinajstić information content (AvgIpc) is 3.03. The molecule has 0 bridgehead atoms. The van der Waals surface area contributed by atoms with Crippen LogP contribution in [0.3, 0.4) is 0 Å². The van der Waals surface area contributed by atoms with E-state index in [0.717, 1.165) is 0 Å². The summed E-state index contributed by atoms with van der Waals surface area (Å²) < 4.78 is 34.8. The molecule has 0 aromatic rings. The largest absolute Gasteiger partial charge is 0.464 e. The Morgan fingerprint density at radius 1 is 1.04 bits per heavy atom. The minimum absolute atomic E-state index is 0.157. The number of hydrogen-bond donors (Lipinski definition) is 1. The van der Waals surface area contributed by atoms with E-state index in [2.05, 4.69) is 0 Å². The third kappa shape index (κ3) is 3.56. The van der Waals surface area contributed by atoms with Gasteiger partial charge in [0, 0.05) is 6.42 Å². The lowest BCUT2D eigenvalue weighted by molar-refractivity contribution is -0.245. The van der Waals surface area contributed by atoms with Crippen molar-refractivity contribution in [3.05, 3.63) is 0 Å². The molecular weight excluding hydrogens is 333 g/mol. The van der Waals surface area contributed by atoms with Gasteiger partial charge in [-0.2, -0.15) is 0 Å². The summed E-state index contributed by atoms with van der Waals surface area (Å²) in [6.45, 7) is 8.94. The molecule has 3 saturated heterocycles. The molecule has 0 unspecified atom stereocenters. The van der Waals surface area contributed by atoms with Crippen LogP contribution in [0.5, 0.6) is 0 Å². The van der Waals surface area contributed by atoms with Crippen molar-refractivity contribution in [2.24, 2.45) is 0 Å². The van der Waals surface area contributed by atoms with Crippen molar-refractivity contribution in [1.29, 1.82) is 0 Å². The van der Waals surface area contributed by atoms with Crippen LogP contribution >= 0.6 is 0 Å². The zero-order valence-corrected chi connectivity index (χ0v) is 15.4. The van der Waals surface area contributed by atoms with Gasteiger partial charge in [0.05, 0.1) is 25.9 Å². The molecule has 0 saturated carbocycles. The lowest BCUT2D eigenvalue weighted by Crippen LogP contribution is -2.62. The highest BCUT2D eigenvalue weighted by Gasteiger charge is 2.61. The second-order valence-corrected chi connectivity index (χ2v) is 7.67. The van der Waals surface area contributed by atoms with Crippen LogP contribution in [0.15, 0.2) is 0 Å². The summed E-state index contributed by atoms with van der Waals surface area (Å²) in [4.78, 5) is 12.5. The Kier molecular flexibility index (Phi) is 4.89. The quantitative estimate of drug-likeness (QED) is 0.579. The van der Waals surface area contributed by atoms with Gasteiger partial charge in [0.2, 0.25) is 0 Å². The molecule has 0 amide bonds. The van der Waals surface area contributed by atoms with Gasteiger partial charge in [0.25, 0.3) is 0 Å². The van der Waals surface area contributed by atoms with E-state index in [1.54, 1.807) is 6.92 Å². The van der Waals surface area contributed by atoms with Crippen LogP contribution in [-0.2, 0) is 33.2 Å². The van der Waals surface area contributed by atoms with E-state index >= 15 is 0 Å². The Balaban J connectivity index is 1.89. The van der Waals surface area contributed by atoms with Crippen LogP contribution in [0.2, 0.25) is 0 Å². The molecule has 0 radical (unpaired) electrons. The highest BCUT2D eigenvalue weighted by atomic mass is 16.8. The molecule has 0 aromatic heterocycles. The Morgan fingerprint density at radius 3 is 2.24 bits per heavy atom. The van der Waals surface area contributed by atoms with Gasteiger partial charge >= 0.3 is 5.97 Å². The van der Waals surface area contributed by atoms with Crippen LogP contribution in [0, 0.1) is 0 Å². The SMILES string of the molecule is CCOC(=O)[C@]1([13CH2]O)C[C@H]2OC(C)(C)O[C@H]2[C@@H]([C@H]2COC(C)(C)O2)O1. The highest BCUT2D eigenvalue weighted by molar-refractivity contribution is 5.80. The van der Waals surface area contributed by atoms with E-state index in [1.807, 2.05) is 27.7 Å². The maximum absolute atomic E-state index is 12.5. The maximum atomic E-state index is 12.5. The Labute approximate surface area is 147 Å². The van der Waals surface area contributed by atoms with Gasteiger partial charge in [0.15, 0.2) is 17.2 Å². The fraction of sp³-hybridized carbons (Fsp3) is 0.941. The lowest BCUT2D eigenvalue weighted by atomic mass is 9.90. The van der Waals surface area contributed by atoms with Gasteiger partial charge in [0.1, 0.15) is 18.3 Å². The van der Waals surface area contributed by atoms with Crippen LogP contribution in [0.1, 0.15) is 41.0 Å².